The molecule has 1 saturated carbocycles. The van der Waals surface area contributed by atoms with Gasteiger partial charge in [-0.15, -0.1) is 0 Å². The van der Waals surface area contributed by atoms with E-state index in [1.54, 1.807) is 0 Å². The summed E-state index contributed by atoms with van der Waals surface area (Å²) in [7, 11) is 0. The topological polar surface area (TPSA) is 69.2 Å². The van der Waals surface area contributed by atoms with E-state index in [2.05, 4.69) is 0 Å². The number of hydrogen-bond acceptors (Lipinski definition) is 3. The average molecular weight is 102 g/mol. The summed E-state index contributed by atoms with van der Waals surface area (Å²) in [6, 6.07) is -0.588. The molecule has 4 nitrogen and oxygen atoms in total. The first-order chi connectivity index (χ1) is 3.22. The fourth-order valence-electron chi connectivity index (χ4n) is 0.443. The average Bonchev–Trinajstić information content (AvgIpc) is 2.17. The molecule has 0 saturated heterocycles. The number of nitrogens with zero attached hydrogens (tertiary/aromatic N) is 1. The number of hydrogen-bond donors (Lipinski definition) is 1. The monoisotopic (exact) mass is 102 g/mol. The number of nitro groups is 1. The Bertz CT molecular complexity index is 103. The van der Waals surface area contributed by atoms with E-state index in [-0.39, 0.29) is 11.0 Å². The van der Waals surface area contributed by atoms with Crippen LogP contribution in [0.3, 0.4) is 0 Å². The van der Waals surface area contributed by atoms with Gasteiger partial charge in [0.25, 0.3) is 0 Å². The molecule has 1 fully saturated rings. The van der Waals surface area contributed by atoms with Gasteiger partial charge in [0, 0.05) is 11.3 Å². The van der Waals surface area contributed by atoms with E-state index in [0.717, 1.165) is 0 Å². The Labute approximate surface area is 40.5 Å². The Hall–Kier alpha value is -0.640. The molecular weight excluding hydrogens is 96.0 g/mol. The van der Waals surface area contributed by atoms with Crippen LogP contribution in [0, 0.1) is 10.1 Å². The van der Waals surface area contributed by atoms with Crippen molar-refractivity contribution in [2.24, 2.45) is 5.73 Å². The Balaban J connectivity index is 2.33. The Morgan fingerprint density at radius 3 is 2.29 bits per heavy atom. The maximum absolute atomic E-state index is 9.70. The molecule has 0 aliphatic heterocycles. The van der Waals surface area contributed by atoms with Gasteiger partial charge >= 0.3 is 0 Å². The van der Waals surface area contributed by atoms with Gasteiger partial charge in [-0.25, -0.2) is 0 Å². The van der Waals surface area contributed by atoms with E-state index in [4.69, 9.17) is 5.73 Å². The zero-order valence-corrected chi connectivity index (χ0v) is 3.70. The summed E-state index contributed by atoms with van der Waals surface area (Å²) in [6.07, 6.45) is 0.562. The van der Waals surface area contributed by atoms with Crippen molar-refractivity contribution in [1.82, 2.24) is 0 Å². The smallest absolute Gasteiger partial charge is 0.230 e. The molecule has 4 heteroatoms. The van der Waals surface area contributed by atoms with Gasteiger partial charge in [0.15, 0.2) is 0 Å². The molecule has 7 heavy (non-hydrogen) atoms. The summed E-state index contributed by atoms with van der Waals surface area (Å²) in [4.78, 5) is 9.37. The van der Waals surface area contributed by atoms with E-state index >= 15 is 0 Å². The Kier molecular flexibility index (Phi) is 0.751. The standard InChI is InChI=1S/C3H6N2O2/c4-2-1-3(2)5(6)7/h2-3H,1,4H2. The molecule has 2 atom stereocenters. The van der Waals surface area contributed by atoms with Crippen molar-refractivity contribution >= 4 is 0 Å². The maximum Gasteiger partial charge on any atom is 0.230 e. The molecule has 0 aromatic carbocycles. The summed E-state index contributed by atoms with van der Waals surface area (Å²) < 4.78 is 0. The van der Waals surface area contributed by atoms with E-state index < -0.39 is 6.04 Å². The van der Waals surface area contributed by atoms with Crippen LogP contribution in [0.5, 0.6) is 0 Å². The van der Waals surface area contributed by atoms with Crippen LogP contribution in [-0.2, 0) is 0 Å². The highest BCUT2D eigenvalue weighted by atomic mass is 16.6. The Morgan fingerprint density at radius 1 is 1.86 bits per heavy atom. The van der Waals surface area contributed by atoms with Crippen molar-refractivity contribution in [3.05, 3.63) is 10.1 Å². The molecule has 2 N–H and O–H groups in total. The van der Waals surface area contributed by atoms with Crippen LogP contribution in [-0.4, -0.2) is 17.0 Å². The van der Waals surface area contributed by atoms with Gasteiger partial charge in [-0.2, -0.15) is 0 Å². The molecule has 1 aliphatic carbocycles. The molecule has 0 amide bonds. The Morgan fingerprint density at radius 2 is 2.29 bits per heavy atom. The van der Waals surface area contributed by atoms with E-state index in [9.17, 15) is 10.1 Å². The van der Waals surface area contributed by atoms with Gasteiger partial charge in [-0.1, -0.05) is 0 Å². The molecule has 2 unspecified atom stereocenters. The third-order valence-electron chi connectivity index (χ3n) is 1.08. The van der Waals surface area contributed by atoms with E-state index in [1.165, 1.54) is 0 Å². The fraction of sp³-hybridized carbons (Fsp3) is 1.00. The first-order valence-corrected chi connectivity index (χ1v) is 2.11. The molecule has 0 bridgehead atoms. The first-order valence-electron chi connectivity index (χ1n) is 2.11. The zero-order chi connectivity index (χ0) is 5.44. The van der Waals surface area contributed by atoms with Crippen LogP contribution in [0.25, 0.3) is 0 Å². The van der Waals surface area contributed by atoms with Crippen molar-refractivity contribution in [3.63, 3.8) is 0 Å². The second-order valence-electron chi connectivity index (χ2n) is 1.75. The summed E-state index contributed by atoms with van der Waals surface area (Å²) in [5, 5.41) is 9.70. The SMILES string of the molecule is NC1CC1[N+](=O)[O-]. The highest BCUT2D eigenvalue weighted by Crippen LogP contribution is 2.20. The van der Waals surface area contributed by atoms with E-state index in [0.29, 0.717) is 6.42 Å². The van der Waals surface area contributed by atoms with Crippen molar-refractivity contribution in [1.29, 1.82) is 0 Å². The minimum atomic E-state index is -0.431. The van der Waals surface area contributed by atoms with Gasteiger partial charge in [0.05, 0.1) is 6.04 Å². The largest absolute Gasteiger partial charge is 0.322 e. The van der Waals surface area contributed by atoms with Crippen LogP contribution in [0.2, 0.25) is 0 Å². The first kappa shape index (κ1) is 4.52. The number of rotatable bonds is 1. The lowest BCUT2D eigenvalue weighted by molar-refractivity contribution is -0.495. The van der Waals surface area contributed by atoms with Gasteiger partial charge in [-0.05, 0) is 0 Å². The third-order valence-corrected chi connectivity index (χ3v) is 1.08. The van der Waals surface area contributed by atoms with Gasteiger partial charge in [0.2, 0.25) is 6.04 Å². The van der Waals surface area contributed by atoms with Crippen molar-refractivity contribution < 1.29 is 4.92 Å². The van der Waals surface area contributed by atoms with Crippen LogP contribution in [0.4, 0.5) is 0 Å². The molecule has 1 aliphatic rings. The lowest BCUT2D eigenvalue weighted by atomic mass is 10.7. The minimum absolute atomic E-state index is 0.157. The molecule has 0 aromatic heterocycles. The molecular formula is C3H6N2O2. The summed E-state index contributed by atoms with van der Waals surface area (Å²) >= 11 is 0. The van der Waals surface area contributed by atoms with Crippen LogP contribution in [0.15, 0.2) is 0 Å². The van der Waals surface area contributed by atoms with Gasteiger partial charge in [-0.3, -0.25) is 10.1 Å². The quantitative estimate of drug-likeness (QED) is 0.353. The second kappa shape index (κ2) is 1.16. The maximum atomic E-state index is 9.70. The predicted octanol–water partition coefficient (Wildman–Crippen LogP) is -0.637. The number of nitrogens with two attached hydrogens (primary N) is 1. The zero-order valence-electron chi connectivity index (χ0n) is 3.70. The van der Waals surface area contributed by atoms with Crippen LogP contribution >= 0.6 is 0 Å². The normalized spacial score (nSPS) is 37.9. The van der Waals surface area contributed by atoms with Crippen molar-refractivity contribution in [3.8, 4) is 0 Å². The molecule has 0 aromatic rings. The molecule has 0 radical (unpaired) electrons. The molecule has 0 spiro atoms. The van der Waals surface area contributed by atoms with Crippen molar-refractivity contribution in [2.45, 2.75) is 18.5 Å². The van der Waals surface area contributed by atoms with E-state index in [1.807, 2.05) is 0 Å². The van der Waals surface area contributed by atoms with Crippen molar-refractivity contribution in [2.75, 3.05) is 0 Å². The minimum Gasteiger partial charge on any atom is -0.322 e. The summed E-state index contributed by atoms with van der Waals surface area (Å²) in [5.74, 6) is 0. The van der Waals surface area contributed by atoms with Gasteiger partial charge in [0.1, 0.15) is 0 Å². The van der Waals surface area contributed by atoms with Gasteiger partial charge < -0.3 is 5.73 Å². The molecule has 0 heterocycles. The fourth-order valence-corrected chi connectivity index (χ4v) is 0.443. The highest BCUT2D eigenvalue weighted by molar-refractivity contribution is 4.90. The predicted molar refractivity (Wildman–Crippen MR) is 23.4 cm³/mol. The lowest BCUT2D eigenvalue weighted by Crippen LogP contribution is -2.12. The third kappa shape index (κ3) is 0.691. The highest BCUT2D eigenvalue weighted by Gasteiger charge is 2.45. The van der Waals surface area contributed by atoms with Crippen LogP contribution < -0.4 is 5.73 Å². The lowest BCUT2D eigenvalue weighted by Gasteiger charge is -1.80. The molecule has 1 rings (SSSR count). The second-order valence-corrected chi connectivity index (χ2v) is 1.75. The summed E-state index contributed by atoms with van der Waals surface area (Å²) in [5.41, 5.74) is 5.13. The summed E-state index contributed by atoms with van der Waals surface area (Å²) in [6.45, 7) is 0. The molecule has 40 valence electrons. The van der Waals surface area contributed by atoms with Crippen LogP contribution in [0.1, 0.15) is 6.42 Å².